The summed E-state index contributed by atoms with van der Waals surface area (Å²) >= 11 is 0. The highest BCUT2D eigenvalue weighted by atomic mass is 16.5. The van der Waals surface area contributed by atoms with Crippen molar-refractivity contribution in [1.82, 2.24) is 4.98 Å². The Kier molecular flexibility index (Phi) is 2.87. The van der Waals surface area contributed by atoms with E-state index in [1.165, 1.54) is 6.92 Å². The number of ether oxygens (including phenoxy) is 1. The number of benzene rings is 1. The van der Waals surface area contributed by atoms with E-state index in [1.807, 2.05) is 18.2 Å². The Bertz CT molecular complexity index is 605. The summed E-state index contributed by atoms with van der Waals surface area (Å²) in [7, 11) is 0. The Morgan fingerprint density at radius 2 is 2.06 bits per heavy atom. The zero-order chi connectivity index (χ0) is 12.4. The van der Waals surface area contributed by atoms with Gasteiger partial charge < -0.3 is 4.74 Å². The molecule has 0 fully saturated rings. The number of rotatable bonds is 2. The summed E-state index contributed by atoms with van der Waals surface area (Å²) in [5, 5.41) is 0.728. The maximum Gasteiger partial charge on any atom is 0.308 e. The maximum absolute atomic E-state index is 11.1. The average Bonchev–Trinajstić information content (AvgIpc) is 2.32. The second-order valence-corrected chi connectivity index (χ2v) is 3.68. The van der Waals surface area contributed by atoms with E-state index in [-0.39, 0.29) is 0 Å². The molecule has 86 valence electrons. The number of hydrogen-bond donors (Lipinski definition) is 0. The van der Waals surface area contributed by atoms with Crippen LogP contribution >= 0.6 is 0 Å². The number of pyridine rings is 1. The Labute approximate surface area is 98.2 Å². The molecule has 0 saturated heterocycles. The normalized spacial score (nSPS) is 10.2. The van der Waals surface area contributed by atoms with Crippen LogP contribution in [0.4, 0.5) is 0 Å². The molecule has 0 saturated carbocycles. The van der Waals surface area contributed by atoms with Gasteiger partial charge in [-0.2, -0.15) is 0 Å². The number of para-hydroxylation sites is 1. The van der Waals surface area contributed by atoms with Gasteiger partial charge in [0.1, 0.15) is 11.4 Å². The summed E-state index contributed by atoms with van der Waals surface area (Å²) < 4.78 is 5.16. The lowest BCUT2D eigenvalue weighted by atomic mass is 10.1. The lowest BCUT2D eigenvalue weighted by Crippen LogP contribution is -2.06. The number of carbonyl (C=O) groups excluding carboxylic acids is 2. The highest BCUT2D eigenvalue weighted by molar-refractivity contribution is 5.92. The molecule has 0 spiro atoms. The molecule has 0 aliphatic carbocycles. The van der Waals surface area contributed by atoms with Crippen molar-refractivity contribution < 1.29 is 14.3 Å². The predicted molar refractivity (Wildman–Crippen MR) is 63.2 cm³/mol. The van der Waals surface area contributed by atoms with Gasteiger partial charge in [0.15, 0.2) is 6.29 Å². The minimum Gasteiger partial charge on any atom is -0.426 e. The van der Waals surface area contributed by atoms with Crippen LogP contribution in [0.3, 0.4) is 0 Å². The fourth-order valence-corrected chi connectivity index (χ4v) is 1.69. The zero-order valence-corrected chi connectivity index (χ0v) is 9.56. The molecule has 1 aromatic heterocycles. The molecule has 0 atom stereocenters. The Hall–Kier alpha value is -2.23. The molecule has 1 aromatic carbocycles. The van der Waals surface area contributed by atoms with Gasteiger partial charge in [0, 0.05) is 17.9 Å². The van der Waals surface area contributed by atoms with Crippen LogP contribution in [0.2, 0.25) is 0 Å². The molecule has 4 nitrogen and oxygen atoms in total. The van der Waals surface area contributed by atoms with Gasteiger partial charge in [0.2, 0.25) is 0 Å². The van der Waals surface area contributed by atoms with Crippen molar-refractivity contribution in [1.29, 1.82) is 0 Å². The molecule has 0 unspecified atom stereocenters. The number of fused-ring (bicyclic) bond motifs is 1. The third kappa shape index (κ3) is 2.01. The van der Waals surface area contributed by atoms with Crippen molar-refractivity contribution in [3.05, 3.63) is 35.5 Å². The van der Waals surface area contributed by atoms with Gasteiger partial charge in [0.05, 0.1) is 5.52 Å². The summed E-state index contributed by atoms with van der Waals surface area (Å²) in [6.07, 6.45) is 0.661. The van der Waals surface area contributed by atoms with E-state index >= 15 is 0 Å². The predicted octanol–water partition coefficient (Wildman–Crippen LogP) is 2.28. The van der Waals surface area contributed by atoms with Crippen LogP contribution in [0.25, 0.3) is 10.9 Å². The Morgan fingerprint density at radius 1 is 1.35 bits per heavy atom. The van der Waals surface area contributed by atoms with Gasteiger partial charge in [-0.15, -0.1) is 0 Å². The highest BCUT2D eigenvalue weighted by Gasteiger charge is 2.13. The minimum absolute atomic E-state index is 0.292. The van der Waals surface area contributed by atoms with E-state index < -0.39 is 5.97 Å². The summed E-state index contributed by atoms with van der Waals surface area (Å²) in [6.45, 7) is 3.04. The molecule has 0 aliphatic heterocycles. The first-order valence-corrected chi connectivity index (χ1v) is 5.16. The van der Waals surface area contributed by atoms with Gasteiger partial charge in [-0.1, -0.05) is 12.1 Å². The lowest BCUT2D eigenvalue weighted by Gasteiger charge is -2.10. The Morgan fingerprint density at radius 3 is 2.71 bits per heavy atom. The zero-order valence-electron chi connectivity index (χ0n) is 9.56. The largest absolute Gasteiger partial charge is 0.426 e. The van der Waals surface area contributed by atoms with E-state index in [0.29, 0.717) is 28.8 Å². The second kappa shape index (κ2) is 4.33. The summed E-state index contributed by atoms with van der Waals surface area (Å²) in [5.41, 5.74) is 1.50. The van der Waals surface area contributed by atoms with E-state index in [4.69, 9.17) is 4.74 Å². The first-order chi connectivity index (χ1) is 8.13. The third-order valence-electron chi connectivity index (χ3n) is 2.47. The number of hydrogen-bond acceptors (Lipinski definition) is 4. The second-order valence-electron chi connectivity index (χ2n) is 3.68. The van der Waals surface area contributed by atoms with Crippen LogP contribution in [0.5, 0.6) is 5.75 Å². The number of aromatic nitrogens is 1. The third-order valence-corrected chi connectivity index (χ3v) is 2.47. The molecular weight excluding hydrogens is 218 g/mol. The van der Waals surface area contributed by atoms with Gasteiger partial charge in [-0.05, 0) is 19.1 Å². The van der Waals surface area contributed by atoms with Crippen LogP contribution < -0.4 is 4.74 Å². The molecule has 1 heterocycles. The summed E-state index contributed by atoms with van der Waals surface area (Å²) in [4.78, 5) is 26.2. The number of esters is 1. The first-order valence-electron chi connectivity index (χ1n) is 5.16. The van der Waals surface area contributed by atoms with E-state index in [1.54, 1.807) is 13.0 Å². The Balaban J connectivity index is 2.79. The van der Waals surface area contributed by atoms with Gasteiger partial charge in [-0.25, -0.2) is 4.98 Å². The molecule has 2 rings (SSSR count). The average molecular weight is 229 g/mol. The standard InChI is InChI=1S/C13H11NO3/c1-8-12(7-15)14-11-6-4-3-5-10(11)13(8)17-9(2)16/h3-7H,1-2H3. The van der Waals surface area contributed by atoms with Crippen LogP contribution in [-0.2, 0) is 4.79 Å². The van der Waals surface area contributed by atoms with E-state index in [9.17, 15) is 9.59 Å². The van der Waals surface area contributed by atoms with Crippen molar-refractivity contribution in [2.24, 2.45) is 0 Å². The van der Waals surface area contributed by atoms with Crippen LogP contribution in [0.1, 0.15) is 23.0 Å². The van der Waals surface area contributed by atoms with Crippen LogP contribution in [0, 0.1) is 6.92 Å². The lowest BCUT2D eigenvalue weighted by molar-refractivity contribution is -0.131. The van der Waals surface area contributed by atoms with Gasteiger partial charge in [-0.3, -0.25) is 9.59 Å². The van der Waals surface area contributed by atoms with Crippen LogP contribution in [0.15, 0.2) is 24.3 Å². The molecule has 17 heavy (non-hydrogen) atoms. The number of nitrogens with zero attached hydrogens (tertiary/aromatic N) is 1. The molecule has 0 amide bonds. The molecule has 0 bridgehead atoms. The molecule has 0 aliphatic rings. The fraction of sp³-hybridized carbons (Fsp3) is 0.154. The number of carbonyl (C=O) groups is 2. The molecule has 2 aromatic rings. The minimum atomic E-state index is -0.415. The smallest absolute Gasteiger partial charge is 0.308 e. The topological polar surface area (TPSA) is 56.3 Å². The van der Waals surface area contributed by atoms with E-state index in [0.717, 1.165) is 5.39 Å². The summed E-state index contributed by atoms with van der Waals surface area (Å²) in [5.74, 6) is -0.00787. The number of aldehydes is 1. The molecule has 0 radical (unpaired) electrons. The van der Waals surface area contributed by atoms with Crippen LogP contribution in [-0.4, -0.2) is 17.2 Å². The fourth-order valence-electron chi connectivity index (χ4n) is 1.69. The molecule has 0 N–H and O–H groups in total. The quantitative estimate of drug-likeness (QED) is 0.585. The first kappa shape index (κ1) is 11.3. The maximum atomic E-state index is 11.1. The van der Waals surface area contributed by atoms with Crippen molar-refractivity contribution in [3.8, 4) is 5.75 Å². The van der Waals surface area contributed by atoms with Crippen molar-refractivity contribution in [2.75, 3.05) is 0 Å². The molecular formula is C13H11NO3. The van der Waals surface area contributed by atoms with Gasteiger partial charge >= 0.3 is 5.97 Å². The van der Waals surface area contributed by atoms with Crippen molar-refractivity contribution >= 4 is 23.2 Å². The van der Waals surface area contributed by atoms with Crippen molar-refractivity contribution in [2.45, 2.75) is 13.8 Å². The molecule has 4 heteroatoms. The van der Waals surface area contributed by atoms with E-state index in [2.05, 4.69) is 4.98 Å². The SMILES string of the molecule is CC(=O)Oc1c(C)c(C=O)nc2ccccc12. The van der Waals surface area contributed by atoms with Crippen molar-refractivity contribution in [3.63, 3.8) is 0 Å². The highest BCUT2D eigenvalue weighted by Crippen LogP contribution is 2.29. The summed E-state index contributed by atoms with van der Waals surface area (Å²) in [6, 6.07) is 7.23. The monoisotopic (exact) mass is 229 g/mol. The van der Waals surface area contributed by atoms with Gasteiger partial charge in [0.25, 0.3) is 0 Å².